The SMILES string of the molecule is CCn1c(-c2cccnc2[C@H](C)OC)c2c3cc(ccc31)-c1csc(n1)C[C@H](NC(=O)C(C(C)C)N(C)C(=O)N1CC3(CC(N(C)C4COC4)C3)C1)C(=O)N1CCC[C@H](N1)C(=O)OCC(C)(C)C2. The van der Waals surface area contributed by atoms with Crippen molar-refractivity contribution in [1.29, 1.82) is 0 Å². The number of cyclic esters (lactones) is 1. The number of esters is 1. The van der Waals surface area contributed by atoms with Gasteiger partial charge in [-0.15, -0.1) is 11.3 Å². The molecule has 4 aliphatic heterocycles. The first kappa shape index (κ1) is 48.1. The van der Waals surface area contributed by atoms with Crippen LogP contribution in [0.2, 0.25) is 0 Å². The third-order valence-corrected chi connectivity index (χ3v) is 16.1. The zero-order valence-corrected chi connectivity index (χ0v) is 42.0. The number of ether oxygens (including phenoxy) is 3. The van der Waals surface area contributed by atoms with E-state index in [2.05, 4.69) is 72.3 Å². The maximum Gasteiger partial charge on any atom is 0.324 e. The van der Waals surface area contributed by atoms with E-state index in [4.69, 9.17) is 24.2 Å². The molecule has 1 spiro atoms. The Morgan fingerprint density at radius 1 is 1.09 bits per heavy atom. The number of benzene rings is 1. The number of hydrazine groups is 1. The van der Waals surface area contributed by atoms with Crippen LogP contribution in [0.3, 0.4) is 0 Å². The van der Waals surface area contributed by atoms with Crippen LogP contribution in [0.5, 0.6) is 0 Å². The Kier molecular flexibility index (Phi) is 13.5. The number of carbonyl (C=O) groups excluding carboxylic acids is 4. The number of amides is 4. The lowest BCUT2D eigenvalue weighted by Crippen LogP contribution is -2.70. The molecular formula is C51H69N9O7S. The fourth-order valence-corrected chi connectivity index (χ4v) is 12.1. The third-order valence-electron chi connectivity index (χ3n) is 15.2. The molecule has 2 N–H and O–H groups in total. The number of pyridine rings is 1. The van der Waals surface area contributed by atoms with Gasteiger partial charge in [-0.1, -0.05) is 33.8 Å². The highest BCUT2D eigenvalue weighted by atomic mass is 32.1. The van der Waals surface area contributed by atoms with Crippen molar-refractivity contribution in [2.45, 2.75) is 123 Å². The fourth-order valence-electron chi connectivity index (χ4n) is 11.2. The van der Waals surface area contributed by atoms with E-state index in [1.165, 1.54) is 21.2 Å². The monoisotopic (exact) mass is 952 g/mol. The van der Waals surface area contributed by atoms with Crippen LogP contribution in [0.25, 0.3) is 33.4 Å². The summed E-state index contributed by atoms with van der Waals surface area (Å²) in [5, 5.41) is 8.28. The van der Waals surface area contributed by atoms with Crippen molar-refractivity contribution in [2.75, 3.05) is 60.7 Å². The molecule has 16 nitrogen and oxygen atoms in total. The molecular weight excluding hydrogens is 883 g/mol. The molecule has 0 radical (unpaired) electrons. The number of aromatic nitrogens is 3. The molecule has 1 aromatic carbocycles. The number of thiazole rings is 1. The second-order valence-corrected chi connectivity index (χ2v) is 22.1. The Hall–Kier alpha value is -4.94. The summed E-state index contributed by atoms with van der Waals surface area (Å²) in [6.07, 6.45) is 5.41. The van der Waals surface area contributed by atoms with Crippen LogP contribution in [0.4, 0.5) is 4.79 Å². The molecule has 4 aromatic rings. The second kappa shape index (κ2) is 19.1. The lowest BCUT2D eigenvalue weighted by Gasteiger charge is -2.62. The van der Waals surface area contributed by atoms with Crippen molar-refractivity contribution >= 4 is 46.1 Å². The Balaban J connectivity index is 1.01. The van der Waals surface area contributed by atoms with Gasteiger partial charge in [0.1, 0.15) is 18.1 Å². The van der Waals surface area contributed by atoms with Crippen molar-refractivity contribution in [3.05, 3.63) is 58.2 Å². The molecule has 4 atom stereocenters. The third kappa shape index (κ3) is 9.16. The van der Waals surface area contributed by atoms with E-state index in [-0.39, 0.29) is 42.4 Å². The van der Waals surface area contributed by atoms with E-state index >= 15 is 0 Å². The maximum atomic E-state index is 14.7. The van der Waals surface area contributed by atoms with E-state index in [0.29, 0.717) is 62.5 Å². The standard InChI is InChI=1S/C51H69N9O7S/c1-10-59-41-16-15-32-19-36(41)37(45(59)35-13-11-17-52-43(35)31(4)65-9)23-50(5,6)29-67-48(63)38-14-12-18-60(55-38)47(62)39(20-42-53-40(32)26-68-42)54-46(61)44(30(2)3)57(8)49(64)58-27-51(28-58)21-33(22-51)56(7)34-24-66-25-34/h11,13,15-17,19,26,30-31,33-34,38-39,44,55H,10,12,14,18,20-25,27-29H2,1-9H3,(H,54,61)/t31-,38-,39-,44?/m0/s1. The van der Waals surface area contributed by atoms with Gasteiger partial charge in [0.05, 0.1) is 54.1 Å². The van der Waals surface area contributed by atoms with Gasteiger partial charge in [0, 0.05) is 97.2 Å². The maximum absolute atomic E-state index is 14.7. The summed E-state index contributed by atoms with van der Waals surface area (Å²) < 4.78 is 19.7. The average Bonchev–Trinajstić information content (AvgIpc) is 3.87. The smallest absolute Gasteiger partial charge is 0.324 e. The van der Waals surface area contributed by atoms with Crippen LogP contribution >= 0.6 is 11.3 Å². The summed E-state index contributed by atoms with van der Waals surface area (Å²) in [5.74, 6) is -1.49. The number of hydrogen-bond acceptors (Lipinski definition) is 12. The highest BCUT2D eigenvalue weighted by Crippen LogP contribution is 2.51. The lowest BCUT2D eigenvalue weighted by molar-refractivity contribution is -0.155. The summed E-state index contributed by atoms with van der Waals surface area (Å²) in [6.45, 7) is 16.3. The minimum Gasteiger partial charge on any atom is -0.464 e. The average molecular weight is 952 g/mol. The molecule has 17 heteroatoms. The van der Waals surface area contributed by atoms with Gasteiger partial charge in [0.2, 0.25) is 5.91 Å². The fraction of sp³-hybridized carbons (Fsp3) is 0.608. The van der Waals surface area contributed by atoms with Crippen LogP contribution in [-0.4, -0.2) is 149 Å². The molecule has 9 rings (SSSR count). The molecule has 1 saturated carbocycles. The summed E-state index contributed by atoms with van der Waals surface area (Å²) in [6, 6.07) is 8.63. The van der Waals surface area contributed by atoms with Gasteiger partial charge in [0.25, 0.3) is 5.91 Å². The zero-order chi connectivity index (χ0) is 48.2. The Bertz CT molecular complexity index is 2540. The van der Waals surface area contributed by atoms with Crippen molar-refractivity contribution in [3.63, 3.8) is 0 Å². The molecule has 4 fully saturated rings. The number of nitrogens with one attached hydrogen (secondary N) is 2. The summed E-state index contributed by atoms with van der Waals surface area (Å²) in [5.41, 5.74) is 9.55. The van der Waals surface area contributed by atoms with Crippen LogP contribution in [0.1, 0.15) is 89.6 Å². The predicted molar refractivity (Wildman–Crippen MR) is 261 cm³/mol. The summed E-state index contributed by atoms with van der Waals surface area (Å²) in [7, 11) is 5.55. The van der Waals surface area contributed by atoms with Gasteiger partial charge in [-0.2, -0.15) is 0 Å². The van der Waals surface area contributed by atoms with Gasteiger partial charge in [0.15, 0.2) is 0 Å². The number of carbonyl (C=O) groups is 4. The van der Waals surface area contributed by atoms with Crippen LogP contribution < -0.4 is 10.7 Å². The van der Waals surface area contributed by atoms with Crippen molar-refractivity contribution in [1.82, 2.24) is 45.0 Å². The Morgan fingerprint density at radius 3 is 2.54 bits per heavy atom. The number of aryl methyl sites for hydroxylation is 1. The van der Waals surface area contributed by atoms with Gasteiger partial charge >= 0.3 is 12.0 Å². The number of hydrogen-bond donors (Lipinski definition) is 2. The highest BCUT2D eigenvalue weighted by molar-refractivity contribution is 7.10. The summed E-state index contributed by atoms with van der Waals surface area (Å²) in [4.78, 5) is 73.0. The Morgan fingerprint density at radius 2 is 1.85 bits per heavy atom. The molecule has 68 heavy (non-hydrogen) atoms. The van der Waals surface area contributed by atoms with E-state index in [1.54, 1.807) is 20.4 Å². The van der Waals surface area contributed by atoms with Crippen molar-refractivity contribution < 1.29 is 33.4 Å². The first-order valence-corrected chi connectivity index (χ1v) is 25.3. The molecule has 1 aliphatic carbocycles. The van der Waals surface area contributed by atoms with Gasteiger partial charge in [-0.05, 0) is 88.7 Å². The zero-order valence-electron chi connectivity index (χ0n) is 41.2. The van der Waals surface area contributed by atoms with E-state index in [9.17, 15) is 19.2 Å². The quantitative estimate of drug-likeness (QED) is 0.177. The van der Waals surface area contributed by atoms with Gasteiger partial charge < -0.3 is 33.9 Å². The molecule has 7 heterocycles. The normalized spacial score (nSPS) is 22.9. The highest BCUT2D eigenvalue weighted by Gasteiger charge is 2.56. The van der Waals surface area contributed by atoms with E-state index in [1.807, 2.05) is 37.1 Å². The number of nitrogens with zero attached hydrogens (tertiary/aromatic N) is 7. The number of likely N-dealkylation sites (N-methyl/N-ethyl adjacent to an activating group) is 2. The van der Waals surface area contributed by atoms with Gasteiger partial charge in [-0.25, -0.2) is 15.2 Å². The second-order valence-electron chi connectivity index (χ2n) is 21.1. The van der Waals surface area contributed by atoms with Crippen LogP contribution in [0, 0.1) is 16.7 Å². The number of rotatable bonds is 10. The number of urea groups is 1. The Labute approximate surface area is 404 Å². The molecule has 5 aliphatic rings. The topological polar surface area (TPSA) is 164 Å². The minimum atomic E-state index is -1.04. The first-order valence-electron chi connectivity index (χ1n) is 24.4. The predicted octanol–water partition coefficient (Wildman–Crippen LogP) is 6.07. The molecule has 1 unspecified atom stereocenters. The minimum absolute atomic E-state index is 0.113. The van der Waals surface area contributed by atoms with Crippen molar-refractivity contribution in [2.24, 2.45) is 16.7 Å². The molecule has 4 amide bonds. The number of likely N-dealkylation sites (tertiary alicyclic amines) is 1. The summed E-state index contributed by atoms with van der Waals surface area (Å²) >= 11 is 1.44. The molecule has 3 aromatic heterocycles. The van der Waals surface area contributed by atoms with Gasteiger partial charge in [-0.3, -0.25) is 29.3 Å². The van der Waals surface area contributed by atoms with E-state index < -0.39 is 35.4 Å². The largest absolute Gasteiger partial charge is 0.464 e. The number of methoxy groups -OCH3 is 1. The lowest BCUT2D eigenvalue weighted by atomic mass is 9.60. The van der Waals surface area contributed by atoms with Crippen LogP contribution in [-0.2, 0) is 48.0 Å². The number of fused-ring (bicyclic) bond motifs is 6. The van der Waals surface area contributed by atoms with E-state index in [0.717, 1.165) is 70.7 Å². The van der Waals surface area contributed by atoms with Crippen molar-refractivity contribution in [3.8, 4) is 22.5 Å². The van der Waals surface area contributed by atoms with Crippen LogP contribution in [0.15, 0.2) is 41.9 Å². The molecule has 6 bridgehead atoms. The molecule has 366 valence electrons. The molecule has 3 saturated heterocycles. The first-order chi connectivity index (χ1) is 32.5.